The molecule has 0 heterocycles. The maximum atomic E-state index is 12.0. The average molecular weight is 287 g/mol. The number of benzene rings is 1. The van der Waals surface area contributed by atoms with E-state index < -0.39 is 6.61 Å². The van der Waals surface area contributed by atoms with E-state index in [0.717, 1.165) is 0 Å². The van der Waals surface area contributed by atoms with Crippen LogP contribution in [0.2, 0.25) is 0 Å². The molecule has 1 aromatic rings. The molecule has 20 heavy (non-hydrogen) atoms. The molecule has 112 valence electrons. The van der Waals surface area contributed by atoms with E-state index in [1.54, 1.807) is 12.1 Å². The minimum absolute atomic E-state index is 0.00110. The molecule has 4 nitrogen and oxygen atoms in total. The Hall–Kier alpha value is -1.69. The highest BCUT2D eigenvalue weighted by Gasteiger charge is 2.14. The summed E-state index contributed by atoms with van der Waals surface area (Å²) in [6.07, 6.45) is 0.150. The standard InChI is InChI=1S/C14H19F2NO3/c1-9(8-18)10(2)17-13(19)7-11-3-5-12(6-4-11)20-14(15)16/h3-6,9-10,14,18H,7-8H2,1-2H3,(H,17,19). The molecule has 1 rings (SSSR count). The van der Waals surface area contributed by atoms with Crippen molar-refractivity contribution in [1.29, 1.82) is 0 Å². The van der Waals surface area contributed by atoms with Crippen molar-refractivity contribution in [3.05, 3.63) is 29.8 Å². The molecule has 0 saturated carbocycles. The number of amides is 1. The molecule has 0 aromatic heterocycles. The monoisotopic (exact) mass is 287 g/mol. The van der Waals surface area contributed by atoms with Crippen molar-refractivity contribution in [2.75, 3.05) is 6.61 Å². The Morgan fingerprint density at radius 1 is 1.30 bits per heavy atom. The highest BCUT2D eigenvalue weighted by atomic mass is 19.3. The van der Waals surface area contributed by atoms with Crippen molar-refractivity contribution < 1.29 is 23.4 Å². The summed E-state index contributed by atoms with van der Waals surface area (Å²) in [6.45, 7) is 0.797. The second-order valence-corrected chi connectivity index (χ2v) is 4.72. The van der Waals surface area contributed by atoms with Gasteiger partial charge >= 0.3 is 6.61 Å². The van der Waals surface area contributed by atoms with Gasteiger partial charge in [-0.1, -0.05) is 19.1 Å². The molecule has 1 aromatic carbocycles. The van der Waals surface area contributed by atoms with Gasteiger partial charge in [0.1, 0.15) is 5.75 Å². The largest absolute Gasteiger partial charge is 0.435 e. The van der Waals surface area contributed by atoms with Gasteiger partial charge in [0, 0.05) is 12.6 Å². The molecule has 1 amide bonds. The predicted molar refractivity (Wildman–Crippen MR) is 70.6 cm³/mol. The topological polar surface area (TPSA) is 58.6 Å². The van der Waals surface area contributed by atoms with Crippen LogP contribution in [0.3, 0.4) is 0 Å². The molecule has 2 N–H and O–H groups in total. The third-order valence-electron chi connectivity index (χ3n) is 3.04. The number of aliphatic hydroxyl groups excluding tert-OH is 1. The molecule has 0 fully saturated rings. The summed E-state index contributed by atoms with van der Waals surface area (Å²) in [7, 11) is 0. The minimum atomic E-state index is -2.86. The van der Waals surface area contributed by atoms with Crippen molar-refractivity contribution in [3.63, 3.8) is 0 Å². The maximum absolute atomic E-state index is 12.0. The van der Waals surface area contributed by atoms with Crippen LogP contribution < -0.4 is 10.1 Å². The zero-order valence-corrected chi connectivity index (χ0v) is 11.5. The van der Waals surface area contributed by atoms with Gasteiger partial charge in [0.15, 0.2) is 0 Å². The molecule has 0 saturated heterocycles. The van der Waals surface area contributed by atoms with Crippen LogP contribution in [0.4, 0.5) is 8.78 Å². The Balaban J connectivity index is 2.50. The van der Waals surface area contributed by atoms with E-state index in [2.05, 4.69) is 10.1 Å². The van der Waals surface area contributed by atoms with E-state index in [9.17, 15) is 13.6 Å². The summed E-state index contributed by atoms with van der Waals surface area (Å²) in [4.78, 5) is 11.8. The third kappa shape index (κ3) is 5.52. The van der Waals surface area contributed by atoms with Gasteiger partial charge in [-0.05, 0) is 30.5 Å². The van der Waals surface area contributed by atoms with Gasteiger partial charge in [0.25, 0.3) is 0 Å². The van der Waals surface area contributed by atoms with Crippen LogP contribution in [0.5, 0.6) is 5.75 Å². The number of ether oxygens (including phenoxy) is 1. The number of rotatable bonds is 7. The van der Waals surface area contributed by atoms with Crippen LogP contribution in [0, 0.1) is 5.92 Å². The molecule has 0 aliphatic carbocycles. The van der Waals surface area contributed by atoms with Gasteiger partial charge in [-0.15, -0.1) is 0 Å². The summed E-state index contributed by atoms with van der Waals surface area (Å²) in [5.74, 6) is -0.146. The van der Waals surface area contributed by atoms with E-state index in [4.69, 9.17) is 5.11 Å². The van der Waals surface area contributed by atoms with Gasteiger partial charge in [0.2, 0.25) is 5.91 Å². The summed E-state index contributed by atoms with van der Waals surface area (Å²) < 4.78 is 28.2. The summed E-state index contributed by atoms with van der Waals surface area (Å²) in [5.41, 5.74) is 0.702. The summed E-state index contributed by atoms with van der Waals surface area (Å²) in [6, 6.07) is 5.80. The number of alkyl halides is 2. The van der Waals surface area contributed by atoms with Crippen molar-refractivity contribution in [1.82, 2.24) is 5.32 Å². The first-order valence-corrected chi connectivity index (χ1v) is 6.36. The fraction of sp³-hybridized carbons (Fsp3) is 0.500. The zero-order valence-electron chi connectivity index (χ0n) is 11.5. The number of hydrogen-bond donors (Lipinski definition) is 2. The molecular formula is C14H19F2NO3. The highest BCUT2D eigenvalue weighted by molar-refractivity contribution is 5.78. The Morgan fingerprint density at radius 3 is 2.40 bits per heavy atom. The predicted octanol–water partition coefficient (Wildman–Crippen LogP) is 1.96. The second kappa shape index (κ2) is 7.79. The average Bonchev–Trinajstić information content (AvgIpc) is 2.39. The molecule has 0 bridgehead atoms. The third-order valence-corrected chi connectivity index (χ3v) is 3.04. The van der Waals surface area contributed by atoms with Crippen LogP contribution in [0.15, 0.2) is 24.3 Å². The van der Waals surface area contributed by atoms with Crippen LogP contribution in [0.1, 0.15) is 19.4 Å². The molecule has 2 unspecified atom stereocenters. The fourth-order valence-corrected chi connectivity index (χ4v) is 1.58. The van der Waals surface area contributed by atoms with E-state index in [0.29, 0.717) is 5.56 Å². The lowest BCUT2D eigenvalue weighted by atomic mass is 10.0. The lowest BCUT2D eigenvalue weighted by Crippen LogP contribution is -2.39. The number of hydrogen-bond acceptors (Lipinski definition) is 3. The van der Waals surface area contributed by atoms with Crippen LogP contribution in [-0.2, 0) is 11.2 Å². The van der Waals surface area contributed by atoms with E-state index in [1.165, 1.54) is 12.1 Å². The van der Waals surface area contributed by atoms with Gasteiger partial charge < -0.3 is 15.2 Å². The van der Waals surface area contributed by atoms with Crippen molar-refractivity contribution in [2.24, 2.45) is 5.92 Å². The Bertz CT molecular complexity index is 423. The summed E-state index contributed by atoms with van der Waals surface area (Å²) in [5, 5.41) is 11.8. The van der Waals surface area contributed by atoms with Crippen LogP contribution in [-0.4, -0.2) is 30.3 Å². The van der Waals surface area contributed by atoms with Crippen molar-refractivity contribution in [3.8, 4) is 5.75 Å². The highest BCUT2D eigenvalue weighted by Crippen LogP contribution is 2.15. The van der Waals surface area contributed by atoms with Crippen molar-refractivity contribution >= 4 is 5.91 Å². The Morgan fingerprint density at radius 2 is 1.90 bits per heavy atom. The number of carbonyl (C=O) groups is 1. The van der Waals surface area contributed by atoms with E-state index in [-0.39, 0.29) is 36.6 Å². The smallest absolute Gasteiger partial charge is 0.387 e. The van der Waals surface area contributed by atoms with Crippen LogP contribution in [0.25, 0.3) is 0 Å². The number of nitrogens with one attached hydrogen (secondary N) is 1. The van der Waals surface area contributed by atoms with Gasteiger partial charge in [-0.2, -0.15) is 8.78 Å². The molecular weight excluding hydrogens is 268 g/mol. The lowest BCUT2D eigenvalue weighted by molar-refractivity contribution is -0.121. The second-order valence-electron chi connectivity index (χ2n) is 4.72. The number of halogens is 2. The Kier molecular flexibility index (Phi) is 6.38. The van der Waals surface area contributed by atoms with Crippen LogP contribution >= 0.6 is 0 Å². The Labute approximate surface area is 116 Å². The first-order valence-electron chi connectivity index (χ1n) is 6.36. The normalized spacial score (nSPS) is 13.9. The maximum Gasteiger partial charge on any atom is 0.387 e. The zero-order chi connectivity index (χ0) is 15.1. The fourth-order valence-electron chi connectivity index (χ4n) is 1.58. The SMILES string of the molecule is CC(CO)C(C)NC(=O)Cc1ccc(OC(F)F)cc1. The quantitative estimate of drug-likeness (QED) is 0.806. The molecule has 0 spiro atoms. The van der Waals surface area contributed by atoms with Crippen molar-refractivity contribution in [2.45, 2.75) is 32.9 Å². The van der Waals surface area contributed by atoms with E-state index in [1.807, 2.05) is 13.8 Å². The molecule has 0 aliphatic rings. The van der Waals surface area contributed by atoms with Gasteiger partial charge in [0.05, 0.1) is 6.42 Å². The lowest BCUT2D eigenvalue weighted by Gasteiger charge is -2.19. The number of aliphatic hydroxyl groups is 1. The molecule has 6 heteroatoms. The van der Waals surface area contributed by atoms with E-state index >= 15 is 0 Å². The first-order chi connectivity index (χ1) is 9.42. The van der Waals surface area contributed by atoms with Gasteiger partial charge in [-0.3, -0.25) is 4.79 Å². The molecule has 0 radical (unpaired) electrons. The summed E-state index contributed by atoms with van der Waals surface area (Å²) >= 11 is 0. The number of carbonyl (C=O) groups excluding carboxylic acids is 1. The molecule has 2 atom stereocenters. The van der Waals surface area contributed by atoms with Gasteiger partial charge in [-0.25, -0.2) is 0 Å². The minimum Gasteiger partial charge on any atom is -0.435 e. The first kappa shape index (κ1) is 16.4. The molecule has 0 aliphatic heterocycles.